The summed E-state index contributed by atoms with van der Waals surface area (Å²) in [7, 11) is 0. The van der Waals surface area contributed by atoms with E-state index in [1.165, 1.54) is 12.1 Å². The standard InChI is InChI=1S/C12H15FOS2/c1-8-6-9(13)2-3-10(8)12(14)11-7-15-4-5-16-11/h2-3,6,11-12,14H,4-5,7H2,1H3. The lowest BCUT2D eigenvalue weighted by molar-refractivity contribution is 0.179. The van der Waals surface area contributed by atoms with E-state index < -0.39 is 6.10 Å². The molecule has 0 amide bonds. The highest BCUT2D eigenvalue weighted by Crippen LogP contribution is 2.34. The number of aliphatic hydroxyl groups is 1. The van der Waals surface area contributed by atoms with Crippen LogP contribution >= 0.6 is 23.5 Å². The van der Waals surface area contributed by atoms with Gasteiger partial charge in [0, 0.05) is 22.5 Å². The first-order valence-corrected chi connectivity index (χ1v) is 7.52. The van der Waals surface area contributed by atoms with E-state index in [0.29, 0.717) is 0 Å². The topological polar surface area (TPSA) is 20.2 Å². The Labute approximate surface area is 104 Å². The number of aliphatic hydroxyl groups excluding tert-OH is 1. The molecule has 1 nitrogen and oxygen atoms in total. The number of halogens is 1. The maximum atomic E-state index is 13.0. The maximum Gasteiger partial charge on any atom is 0.123 e. The SMILES string of the molecule is Cc1cc(F)ccc1C(O)C1CSCCS1. The van der Waals surface area contributed by atoms with E-state index in [4.69, 9.17) is 0 Å². The molecule has 2 rings (SSSR count). The third-order valence-corrected chi connectivity index (χ3v) is 5.59. The second-order valence-corrected chi connectivity index (χ2v) is 6.43. The zero-order chi connectivity index (χ0) is 11.5. The molecule has 0 aliphatic carbocycles. The van der Waals surface area contributed by atoms with Crippen molar-refractivity contribution in [3.05, 3.63) is 35.1 Å². The van der Waals surface area contributed by atoms with Crippen LogP contribution < -0.4 is 0 Å². The first-order valence-electron chi connectivity index (χ1n) is 5.32. The minimum absolute atomic E-state index is 0.237. The van der Waals surface area contributed by atoms with Crippen LogP contribution in [0.5, 0.6) is 0 Å². The number of rotatable bonds is 2. The minimum atomic E-state index is -0.474. The summed E-state index contributed by atoms with van der Waals surface area (Å²) in [5.74, 6) is 2.99. The van der Waals surface area contributed by atoms with Crippen LogP contribution in [-0.4, -0.2) is 27.6 Å². The second kappa shape index (κ2) is 5.43. The van der Waals surface area contributed by atoms with Crippen LogP contribution in [0, 0.1) is 12.7 Å². The molecule has 1 N–H and O–H groups in total. The fourth-order valence-corrected chi connectivity index (χ4v) is 4.60. The van der Waals surface area contributed by atoms with Crippen molar-refractivity contribution in [2.45, 2.75) is 18.3 Å². The molecule has 1 aliphatic heterocycles. The van der Waals surface area contributed by atoms with E-state index in [0.717, 1.165) is 28.4 Å². The molecule has 0 spiro atoms. The normalized spacial score (nSPS) is 23.1. The van der Waals surface area contributed by atoms with Crippen molar-refractivity contribution in [3.8, 4) is 0 Å². The van der Waals surface area contributed by atoms with Gasteiger partial charge in [-0.2, -0.15) is 23.5 Å². The average molecular weight is 258 g/mol. The Hall–Kier alpha value is -0.190. The van der Waals surface area contributed by atoms with Crippen LogP contribution in [0.4, 0.5) is 4.39 Å². The molecule has 1 aliphatic rings. The number of thioether (sulfide) groups is 2. The zero-order valence-corrected chi connectivity index (χ0v) is 10.8. The third-order valence-electron chi connectivity index (χ3n) is 2.74. The molecule has 2 atom stereocenters. The Morgan fingerprint density at radius 3 is 2.88 bits per heavy atom. The van der Waals surface area contributed by atoms with E-state index in [9.17, 15) is 9.50 Å². The average Bonchev–Trinajstić information content (AvgIpc) is 2.29. The summed E-state index contributed by atoms with van der Waals surface area (Å²) in [5.41, 5.74) is 1.70. The zero-order valence-electron chi connectivity index (χ0n) is 9.15. The Morgan fingerprint density at radius 2 is 2.25 bits per heavy atom. The number of aryl methyl sites for hydroxylation is 1. The van der Waals surface area contributed by atoms with Gasteiger partial charge in [-0.05, 0) is 30.2 Å². The van der Waals surface area contributed by atoms with Gasteiger partial charge in [0.2, 0.25) is 0 Å². The fourth-order valence-electron chi connectivity index (χ4n) is 1.86. The Bertz CT molecular complexity index is 364. The molecule has 0 radical (unpaired) electrons. The molecule has 0 bridgehead atoms. The van der Waals surface area contributed by atoms with Crippen LogP contribution in [-0.2, 0) is 0 Å². The summed E-state index contributed by atoms with van der Waals surface area (Å²) in [6, 6.07) is 4.61. The predicted molar refractivity (Wildman–Crippen MR) is 69.7 cm³/mol. The van der Waals surface area contributed by atoms with Gasteiger partial charge in [-0.1, -0.05) is 6.07 Å². The molecule has 1 aromatic carbocycles. The largest absolute Gasteiger partial charge is 0.387 e. The van der Waals surface area contributed by atoms with Gasteiger partial charge in [-0.3, -0.25) is 0 Å². The lowest BCUT2D eigenvalue weighted by atomic mass is 10.0. The van der Waals surface area contributed by atoms with E-state index in [1.54, 1.807) is 6.07 Å². The smallest absolute Gasteiger partial charge is 0.123 e. The molecule has 0 saturated carbocycles. The molecular weight excluding hydrogens is 243 g/mol. The summed E-state index contributed by atoms with van der Waals surface area (Å²) in [6.07, 6.45) is -0.474. The molecule has 1 saturated heterocycles. The molecule has 88 valence electrons. The summed E-state index contributed by atoms with van der Waals surface area (Å²) >= 11 is 3.69. The summed E-state index contributed by atoms with van der Waals surface area (Å²) in [4.78, 5) is 0. The minimum Gasteiger partial charge on any atom is -0.387 e. The van der Waals surface area contributed by atoms with E-state index in [1.807, 2.05) is 30.4 Å². The van der Waals surface area contributed by atoms with E-state index in [2.05, 4.69) is 0 Å². The first-order chi connectivity index (χ1) is 7.68. The molecule has 4 heteroatoms. The highest BCUT2D eigenvalue weighted by Gasteiger charge is 2.25. The van der Waals surface area contributed by atoms with Gasteiger partial charge in [0.1, 0.15) is 5.82 Å². The first kappa shape index (κ1) is 12.3. The van der Waals surface area contributed by atoms with Crippen molar-refractivity contribution in [1.29, 1.82) is 0 Å². The van der Waals surface area contributed by atoms with Gasteiger partial charge in [-0.15, -0.1) is 0 Å². The van der Waals surface area contributed by atoms with Gasteiger partial charge in [0.15, 0.2) is 0 Å². The van der Waals surface area contributed by atoms with Crippen LogP contribution in [0.15, 0.2) is 18.2 Å². The summed E-state index contributed by atoms with van der Waals surface area (Å²) in [6.45, 7) is 1.85. The van der Waals surface area contributed by atoms with Gasteiger partial charge in [0.05, 0.1) is 6.10 Å². The summed E-state index contributed by atoms with van der Waals surface area (Å²) in [5, 5.41) is 10.5. The van der Waals surface area contributed by atoms with Gasteiger partial charge < -0.3 is 5.11 Å². The van der Waals surface area contributed by atoms with Gasteiger partial charge in [-0.25, -0.2) is 4.39 Å². The Kier molecular flexibility index (Phi) is 4.16. The molecule has 16 heavy (non-hydrogen) atoms. The van der Waals surface area contributed by atoms with Gasteiger partial charge >= 0.3 is 0 Å². The summed E-state index contributed by atoms with van der Waals surface area (Å²) < 4.78 is 13.0. The molecule has 0 aromatic heterocycles. The van der Waals surface area contributed by atoms with E-state index in [-0.39, 0.29) is 11.1 Å². The molecule has 2 unspecified atom stereocenters. The number of hydrogen-bond donors (Lipinski definition) is 1. The van der Waals surface area contributed by atoms with Crippen LogP contribution in [0.2, 0.25) is 0 Å². The fraction of sp³-hybridized carbons (Fsp3) is 0.500. The van der Waals surface area contributed by atoms with Crippen LogP contribution in [0.1, 0.15) is 17.2 Å². The van der Waals surface area contributed by atoms with Gasteiger partial charge in [0.25, 0.3) is 0 Å². The number of benzene rings is 1. The van der Waals surface area contributed by atoms with E-state index >= 15 is 0 Å². The van der Waals surface area contributed by atoms with Crippen LogP contribution in [0.25, 0.3) is 0 Å². The quantitative estimate of drug-likeness (QED) is 0.880. The van der Waals surface area contributed by atoms with Crippen molar-refractivity contribution in [2.75, 3.05) is 17.3 Å². The van der Waals surface area contributed by atoms with Crippen molar-refractivity contribution >= 4 is 23.5 Å². The lowest BCUT2D eigenvalue weighted by Gasteiger charge is -2.27. The highest BCUT2D eigenvalue weighted by atomic mass is 32.2. The molecule has 1 fully saturated rings. The maximum absolute atomic E-state index is 13.0. The Balaban J connectivity index is 2.15. The Morgan fingerprint density at radius 1 is 1.44 bits per heavy atom. The van der Waals surface area contributed by atoms with Crippen molar-refractivity contribution in [2.24, 2.45) is 0 Å². The predicted octanol–water partition coefficient (Wildman–Crippen LogP) is 3.02. The lowest BCUT2D eigenvalue weighted by Crippen LogP contribution is -2.23. The van der Waals surface area contributed by atoms with Crippen molar-refractivity contribution in [3.63, 3.8) is 0 Å². The van der Waals surface area contributed by atoms with Crippen molar-refractivity contribution in [1.82, 2.24) is 0 Å². The molecule has 1 aromatic rings. The second-order valence-electron chi connectivity index (χ2n) is 3.93. The number of hydrogen-bond acceptors (Lipinski definition) is 3. The monoisotopic (exact) mass is 258 g/mol. The van der Waals surface area contributed by atoms with Crippen LogP contribution in [0.3, 0.4) is 0 Å². The molecule has 1 heterocycles. The third kappa shape index (κ3) is 2.73. The van der Waals surface area contributed by atoms with Crippen molar-refractivity contribution < 1.29 is 9.50 Å². The highest BCUT2D eigenvalue weighted by molar-refractivity contribution is 8.06. The molecular formula is C12H15FOS2.